The molecule has 2 aromatic carbocycles. The number of piperidine rings is 1. The van der Waals surface area contributed by atoms with Crippen molar-refractivity contribution in [3.05, 3.63) is 72.7 Å². The lowest BCUT2D eigenvalue weighted by atomic mass is 9.92. The minimum Gasteiger partial charge on any atom is -0.445 e. The van der Waals surface area contributed by atoms with Crippen molar-refractivity contribution in [2.45, 2.75) is 53.2 Å². The zero-order valence-electron chi connectivity index (χ0n) is 24.0. The quantitative estimate of drug-likeness (QED) is 0.303. The van der Waals surface area contributed by atoms with Crippen molar-refractivity contribution in [2.24, 2.45) is 11.3 Å². The third-order valence-electron chi connectivity index (χ3n) is 7.36. The van der Waals surface area contributed by atoms with Crippen LogP contribution in [0.2, 0.25) is 0 Å². The Morgan fingerprint density at radius 3 is 2.68 bits per heavy atom. The van der Waals surface area contributed by atoms with Gasteiger partial charge < -0.3 is 20.3 Å². The first kappa shape index (κ1) is 28.1. The third-order valence-corrected chi connectivity index (χ3v) is 7.36. The Hall–Kier alpha value is -4.47. The van der Waals surface area contributed by atoms with Gasteiger partial charge in [0.2, 0.25) is 11.9 Å². The summed E-state index contributed by atoms with van der Waals surface area (Å²) >= 11 is 0. The van der Waals surface area contributed by atoms with Crippen molar-refractivity contribution in [3.63, 3.8) is 0 Å². The Morgan fingerprint density at radius 1 is 1.10 bits per heavy atom. The molecule has 0 aliphatic carbocycles. The van der Waals surface area contributed by atoms with Gasteiger partial charge in [0.1, 0.15) is 18.8 Å². The molecule has 2 unspecified atom stereocenters. The van der Waals surface area contributed by atoms with Crippen molar-refractivity contribution >= 4 is 34.7 Å². The smallest absolute Gasteiger partial charge is 0.410 e. The number of hydrogen-bond acceptors (Lipinski definition) is 7. The molecule has 0 bridgehead atoms. The molecule has 214 valence electrons. The van der Waals surface area contributed by atoms with Gasteiger partial charge in [-0.3, -0.25) is 9.36 Å². The Kier molecular flexibility index (Phi) is 8.19. The summed E-state index contributed by atoms with van der Waals surface area (Å²) in [6.45, 7) is 9.30. The first-order valence-corrected chi connectivity index (χ1v) is 14.0. The highest BCUT2D eigenvalue weighted by molar-refractivity contribution is 5.96. The maximum atomic E-state index is 12.7. The zero-order valence-corrected chi connectivity index (χ0v) is 24.0. The molecule has 2 amide bonds. The summed E-state index contributed by atoms with van der Waals surface area (Å²) in [6, 6.07) is 17.2. The molecular formula is C31H37N7O3. The summed E-state index contributed by atoms with van der Waals surface area (Å²) in [7, 11) is 0. The second-order valence-electron chi connectivity index (χ2n) is 11.6. The van der Waals surface area contributed by atoms with Crippen LogP contribution in [0.4, 0.5) is 16.4 Å². The van der Waals surface area contributed by atoms with Gasteiger partial charge in [0.25, 0.3) is 0 Å². The topological polar surface area (TPSA) is 114 Å². The molecule has 10 heteroatoms. The van der Waals surface area contributed by atoms with E-state index in [1.54, 1.807) is 17.4 Å². The van der Waals surface area contributed by atoms with E-state index < -0.39 is 5.41 Å². The van der Waals surface area contributed by atoms with E-state index in [2.05, 4.69) is 27.5 Å². The average molecular weight is 556 g/mol. The SMILES string of the molecule is CC(Nc1nccc(-n2cnc3cc(NC(=O)C(C)(C)C)ccc32)n1)C1CCCN(C(=O)OCc2ccccc2)C1. The van der Waals surface area contributed by atoms with E-state index >= 15 is 0 Å². The highest BCUT2D eigenvalue weighted by Crippen LogP contribution is 2.25. The van der Waals surface area contributed by atoms with Crippen LogP contribution in [0.3, 0.4) is 0 Å². The van der Waals surface area contributed by atoms with E-state index in [4.69, 9.17) is 9.72 Å². The van der Waals surface area contributed by atoms with E-state index in [-0.39, 0.29) is 30.6 Å². The number of aromatic nitrogens is 4. The number of likely N-dealkylation sites (tertiary alicyclic amines) is 1. The Bertz CT molecular complexity index is 1510. The Labute approximate surface area is 240 Å². The van der Waals surface area contributed by atoms with Gasteiger partial charge in [-0.05, 0) is 55.5 Å². The number of nitrogens with zero attached hydrogens (tertiary/aromatic N) is 5. The van der Waals surface area contributed by atoms with Gasteiger partial charge in [0, 0.05) is 36.4 Å². The monoisotopic (exact) mass is 555 g/mol. The fraction of sp³-hybridized carbons (Fsp3) is 0.387. The summed E-state index contributed by atoms with van der Waals surface area (Å²) in [4.78, 5) is 40.6. The van der Waals surface area contributed by atoms with Gasteiger partial charge in [-0.15, -0.1) is 0 Å². The lowest BCUT2D eigenvalue weighted by Crippen LogP contribution is -2.45. The van der Waals surface area contributed by atoms with Gasteiger partial charge in [-0.25, -0.2) is 14.8 Å². The summed E-state index contributed by atoms with van der Waals surface area (Å²) < 4.78 is 7.46. The molecule has 1 aliphatic heterocycles. The van der Waals surface area contributed by atoms with Crippen molar-refractivity contribution < 1.29 is 14.3 Å². The zero-order chi connectivity index (χ0) is 29.0. The Balaban J connectivity index is 1.22. The molecule has 2 aromatic heterocycles. The van der Waals surface area contributed by atoms with Gasteiger partial charge >= 0.3 is 6.09 Å². The minimum absolute atomic E-state index is 0.0449. The number of nitrogens with one attached hydrogen (secondary N) is 2. The second-order valence-corrected chi connectivity index (χ2v) is 11.6. The normalized spacial score (nSPS) is 16.3. The van der Waals surface area contributed by atoms with Crippen molar-refractivity contribution in [1.29, 1.82) is 0 Å². The molecule has 1 aliphatic rings. The first-order valence-electron chi connectivity index (χ1n) is 14.0. The molecule has 1 saturated heterocycles. The predicted molar refractivity (Wildman–Crippen MR) is 159 cm³/mol. The number of anilines is 2. The van der Waals surface area contributed by atoms with Crippen LogP contribution >= 0.6 is 0 Å². The summed E-state index contributed by atoms with van der Waals surface area (Å²) in [5, 5.41) is 6.40. The van der Waals surface area contributed by atoms with Crippen LogP contribution in [0.1, 0.15) is 46.1 Å². The molecule has 41 heavy (non-hydrogen) atoms. The lowest BCUT2D eigenvalue weighted by molar-refractivity contribution is -0.123. The number of benzene rings is 2. The fourth-order valence-corrected chi connectivity index (χ4v) is 4.86. The highest BCUT2D eigenvalue weighted by Gasteiger charge is 2.29. The van der Waals surface area contributed by atoms with Crippen molar-refractivity contribution in [3.8, 4) is 5.82 Å². The number of carbonyl (C=O) groups is 2. The van der Waals surface area contributed by atoms with E-state index in [0.29, 0.717) is 30.5 Å². The van der Waals surface area contributed by atoms with E-state index in [0.717, 1.165) is 29.4 Å². The predicted octanol–water partition coefficient (Wildman–Crippen LogP) is 5.65. The van der Waals surface area contributed by atoms with Gasteiger partial charge in [0.05, 0.1) is 11.0 Å². The van der Waals surface area contributed by atoms with Crippen LogP contribution in [-0.2, 0) is 16.1 Å². The molecule has 3 heterocycles. The van der Waals surface area contributed by atoms with Crippen LogP contribution < -0.4 is 10.6 Å². The van der Waals surface area contributed by atoms with Crippen molar-refractivity contribution in [1.82, 2.24) is 24.4 Å². The van der Waals surface area contributed by atoms with E-state index in [9.17, 15) is 9.59 Å². The van der Waals surface area contributed by atoms with Gasteiger partial charge in [-0.2, -0.15) is 4.98 Å². The van der Waals surface area contributed by atoms with E-state index in [1.807, 2.05) is 79.9 Å². The number of carbonyl (C=O) groups excluding carboxylic acids is 2. The number of rotatable bonds is 7. The van der Waals surface area contributed by atoms with Crippen LogP contribution in [0.15, 0.2) is 67.1 Å². The van der Waals surface area contributed by atoms with Crippen LogP contribution in [-0.4, -0.2) is 55.6 Å². The molecule has 0 saturated carbocycles. The molecule has 5 rings (SSSR count). The van der Waals surface area contributed by atoms with Gasteiger partial charge in [-0.1, -0.05) is 51.1 Å². The molecule has 2 N–H and O–H groups in total. The summed E-state index contributed by atoms with van der Waals surface area (Å²) in [6.07, 6.45) is 5.07. The summed E-state index contributed by atoms with van der Waals surface area (Å²) in [5.74, 6) is 1.37. The molecule has 1 fully saturated rings. The van der Waals surface area contributed by atoms with Crippen LogP contribution in [0, 0.1) is 11.3 Å². The average Bonchev–Trinajstić information content (AvgIpc) is 3.39. The number of amides is 2. The van der Waals surface area contributed by atoms with Crippen molar-refractivity contribution in [2.75, 3.05) is 23.7 Å². The standard InChI is InChI=1S/C31H37N7O3/c1-21(23-11-8-16-37(18-23)30(40)41-19-22-9-6-5-7-10-22)34-29-32-15-14-27(36-29)38-20-33-25-17-24(12-13-26(25)38)35-28(39)31(2,3)4/h5-7,9-10,12-15,17,20-21,23H,8,11,16,18-19H2,1-4H3,(H,35,39)(H,32,34,36). The molecule has 0 radical (unpaired) electrons. The van der Waals surface area contributed by atoms with E-state index in [1.165, 1.54) is 0 Å². The fourth-order valence-electron chi connectivity index (χ4n) is 4.86. The molecule has 2 atom stereocenters. The first-order chi connectivity index (χ1) is 19.7. The molecule has 10 nitrogen and oxygen atoms in total. The third kappa shape index (κ3) is 6.82. The number of imidazole rings is 1. The van der Waals surface area contributed by atoms with Crippen LogP contribution in [0.5, 0.6) is 0 Å². The van der Waals surface area contributed by atoms with Crippen LogP contribution in [0.25, 0.3) is 16.9 Å². The maximum Gasteiger partial charge on any atom is 0.410 e. The molecule has 0 spiro atoms. The minimum atomic E-state index is -0.489. The number of ether oxygens (including phenoxy) is 1. The lowest BCUT2D eigenvalue weighted by Gasteiger charge is -2.35. The Morgan fingerprint density at radius 2 is 1.90 bits per heavy atom. The maximum absolute atomic E-state index is 12.7. The largest absolute Gasteiger partial charge is 0.445 e. The molecule has 4 aromatic rings. The van der Waals surface area contributed by atoms with Gasteiger partial charge in [0.15, 0.2) is 0 Å². The molecular weight excluding hydrogens is 518 g/mol. The number of hydrogen-bond donors (Lipinski definition) is 2. The summed E-state index contributed by atoms with van der Waals surface area (Å²) in [5.41, 5.74) is 2.80. The number of fused-ring (bicyclic) bond motifs is 1. The highest BCUT2D eigenvalue weighted by atomic mass is 16.6. The second kappa shape index (κ2) is 12.0.